The van der Waals surface area contributed by atoms with Crippen molar-refractivity contribution in [2.24, 2.45) is 5.41 Å². The van der Waals surface area contributed by atoms with Gasteiger partial charge in [-0.15, -0.1) is 0 Å². The van der Waals surface area contributed by atoms with E-state index in [1.54, 1.807) is 6.33 Å². The average molecular weight is 356 g/mol. The Bertz CT molecular complexity index is 869. The fraction of sp³-hybridized carbons (Fsp3) is 0.611. The molecule has 26 heavy (non-hydrogen) atoms. The van der Waals surface area contributed by atoms with E-state index in [-0.39, 0.29) is 11.6 Å². The zero-order chi connectivity index (χ0) is 17.6. The van der Waals surface area contributed by atoms with E-state index in [9.17, 15) is 0 Å². The summed E-state index contributed by atoms with van der Waals surface area (Å²) in [5, 5.41) is 0. The molecule has 0 amide bonds. The van der Waals surface area contributed by atoms with Crippen LogP contribution in [0, 0.1) is 17.3 Å². The number of nitrogens with zero attached hydrogens (tertiary/aromatic N) is 4. The van der Waals surface area contributed by atoms with Gasteiger partial charge >= 0.3 is 5.97 Å². The molecule has 6 rings (SSSR count). The summed E-state index contributed by atoms with van der Waals surface area (Å²) in [5.74, 6) is 4.66. The lowest BCUT2D eigenvalue weighted by atomic mass is 9.92. The molecule has 4 aliphatic rings. The first-order valence-electron chi connectivity index (χ1n) is 8.91. The standard InChI is InChI=1S/C18H20N4O4/c1-17-8-24-18(25-9-17,26-10-17)6-5-13-15-16(20-11-19-13)22(12-21-15)14-4-2-3-7-23-14/h11-12,14H,2-4,7-10H2,1H3. The number of hydrogen-bond acceptors (Lipinski definition) is 7. The number of rotatable bonds is 1. The summed E-state index contributed by atoms with van der Waals surface area (Å²) in [6.07, 6.45) is 6.38. The van der Waals surface area contributed by atoms with Gasteiger partial charge in [-0.25, -0.2) is 15.0 Å². The molecule has 0 spiro atoms. The molecule has 2 aromatic rings. The third-order valence-corrected chi connectivity index (χ3v) is 4.99. The van der Waals surface area contributed by atoms with Crippen molar-refractivity contribution < 1.29 is 18.9 Å². The smallest absolute Gasteiger partial charge is 0.353 e. The van der Waals surface area contributed by atoms with E-state index in [1.807, 2.05) is 4.57 Å². The van der Waals surface area contributed by atoms with Gasteiger partial charge in [-0.3, -0.25) is 4.57 Å². The van der Waals surface area contributed by atoms with Crippen molar-refractivity contribution in [3.63, 3.8) is 0 Å². The van der Waals surface area contributed by atoms with Gasteiger partial charge in [0.05, 0.1) is 26.1 Å². The fourth-order valence-electron chi connectivity index (χ4n) is 3.40. The van der Waals surface area contributed by atoms with Crippen LogP contribution in [-0.2, 0) is 18.9 Å². The second-order valence-corrected chi connectivity index (χ2v) is 7.35. The molecule has 1 atom stereocenters. The maximum Gasteiger partial charge on any atom is 0.353 e. The molecule has 0 aromatic carbocycles. The lowest BCUT2D eigenvalue weighted by Crippen LogP contribution is -2.58. The molecule has 0 aliphatic carbocycles. The second-order valence-electron chi connectivity index (χ2n) is 7.35. The summed E-state index contributed by atoms with van der Waals surface area (Å²) in [6, 6.07) is 0. The lowest BCUT2D eigenvalue weighted by molar-refractivity contribution is -0.436. The number of aromatic nitrogens is 4. The van der Waals surface area contributed by atoms with E-state index in [1.165, 1.54) is 6.33 Å². The van der Waals surface area contributed by atoms with E-state index in [0.29, 0.717) is 31.0 Å². The SMILES string of the molecule is CC12COC(C#Cc3ncnc4c3ncn4C3CCCCO3)(OC1)OC2. The molecule has 0 N–H and O–H groups in total. The summed E-state index contributed by atoms with van der Waals surface area (Å²) in [7, 11) is 0. The first-order valence-corrected chi connectivity index (χ1v) is 8.91. The highest BCUT2D eigenvalue weighted by Crippen LogP contribution is 2.37. The van der Waals surface area contributed by atoms with Gasteiger partial charge in [-0.1, -0.05) is 6.92 Å². The molecule has 2 bridgehead atoms. The monoisotopic (exact) mass is 356 g/mol. The Balaban J connectivity index is 1.46. The molecule has 2 aromatic heterocycles. The molecule has 0 radical (unpaired) electrons. The molecule has 0 saturated carbocycles. The van der Waals surface area contributed by atoms with Gasteiger partial charge in [0.2, 0.25) is 0 Å². The largest absolute Gasteiger partial charge is 0.358 e. The zero-order valence-corrected chi connectivity index (χ0v) is 14.6. The van der Waals surface area contributed by atoms with Crippen LogP contribution in [-0.4, -0.2) is 51.9 Å². The summed E-state index contributed by atoms with van der Waals surface area (Å²) < 4.78 is 24.9. The Kier molecular flexibility index (Phi) is 3.72. The molecule has 4 fully saturated rings. The summed E-state index contributed by atoms with van der Waals surface area (Å²) in [6.45, 7) is 4.52. The van der Waals surface area contributed by atoms with Gasteiger partial charge in [0.25, 0.3) is 0 Å². The van der Waals surface area contributed by atoms with Crippen LogP contribution in [0.2, 0.25) is 0 Å². The van der Waals surface area contributed by atoms with Crippen molar-refractivity contribution >= 4 is 11.2 Å². The van der Waals surface area contributed by atoms with Crippen molar-refractivity contribution in [2.45, 2.75) is 38.4 Å². The molecular formula is C18H20N4O4. The zero-order valence-electron chi connectivity index (χ0n) is 14.6. The van der Waals surface area contributed by atoms with Crippen molar-refractivity contribution in [2.75, 3.05) is 26.4 Å². The van der Waals surface area contributed by atoms with Crippen LogP contribution in [0.15, 0.2) is 12.7 Å². The predicted octanol–water partition coefficient (Wildman–Crippen LogP) is 1.61. The Morgan fingerprint density at radius 3 is 2.65 bits per heavy atom. The molecule has 4 saturated heterocycles. The normalized spacial score (nSPS) is 33.8. The quantitative estimate of drug-likeness (QED) is 0.718. The Morgan fingerprint density at radius 1 is 1.12 bits per heavy atom. The number of hydrogen-bond donors (Lipinski definition) is 0. The van der Waals surface area contributed by atoms with Crippen LogP contribution in [0.5, 0.6) is 0 Å². The van der Waals surface area contributed by atoms with Crippen molar-refractivity contribution in [3.8, 4) is 11.8 Å². The van der Waals surface area contributed by atoms with Crippen LogP contribution < -0.4 is 0 Å². The first kappa shape index (κ1) is 16.1. The average Bonchev–Trinajstić information content (AvgIpc) is 3.13. The van der Waals surface area contributed by atoms with Gasteiger partial charge in [0, 0.05) is 17.9 Å². The number of fused-ring (bicyclic) bond motifs is 4. The minimum Gasteiger partial charge on any atom is -0.358 e. The van der Waals surface area contributed by atoms with Gasteiger partial charge in [0.1, 0.15) is 23.8 Å². The third kappa shape index (κ3) is 2.68. The minimum absolute atomic E-state index is 0.0348. The Hall–Kier alpha value is -2.05. The summed E-state index contributed by atoms with van der Waals surface area (Å²) in [5.41, 5.74) is 1.79. The van der Waals surface area contributed by atoms with Crippen molar-refractivity contribution in [1.82, 2.24) is 19.5 Å². The van der Waals surface area contributed by atoms with E-state index < -0.39 is 5.97 Å². The Labute approximate surface area is 150 Å². The first-order chi connectivity index (χ1) is 12.7. The van der Waals surface area contributed by atoms with Crippen LogP contribution >= 0.6 is 0 Å². The maximum absolute atomic E-state index is 5.84. The number of imidazole rings is 1. The van der Waals surface area contributed by atoms with Gasteiger partial charge in [-0.05, 0) is 25.2 Å². The predicted molar refractivity (Wildman–Crippen MR) is 89.7 cm³/mol. The van der Waals surface area contributed by atoms with Crippen LogP contribution in [0.3, 0.4) is 0 Å². The topological polar surface area (TPSA) is 80.5 Å². The Morgan fingerprint density at radius 2 is 1.92 bits per heavy atom. The van der Waals surface area contributed by atoms with Crippen molar-refractivity contribution in [3.05, 3.63) is 18.3 Å². The molecule has 8 nitrogen and oxygen atoms in total. The van der Waals surface area contributed by atoms with Crippen molar-refractivity contribution in [1.29, 1.82) is 0 Å². The highest BCUT2D eigenvalue weighted by molar-refractivity contribution is 5.76. The molecule has 6 heterocycles. The summed E-state index contributed by atoms with van der Waals surface area (Å²) >= 11 is 0. The molecule has 1 unspecified atom stereocenters. The molecule has 4 aliphatic heterocycles. The van der Waals surface area contributed by atoms with Crippen LogP contribution in [0.4, 0.5) is 0 Å². The molecular weight excluding hydrogens is 336 g/mol. The third-order valence-electron chi connectivity index (χ3n) is 4.99. The van der Waals surface area contributed by atoms with E-state index >= 15 is 0 Å². The molecule has 136 valence electrons. The van der Waals surface area contributed by atoms with Gasteiger partial charge in [-0.2, -0.15) is 0 Å². The fourth-order valence-corrected chi connectivity index (χ4v) is 3.40. The van der Waals surface area contributed by atoms with Crippen LogP contribution in [0.1, 0.15) is 38.1 Å². The highest BCUT2D eigenvalue weighted by Gasteiger charge is 2.49. The van der Waals surface area contributed by atoms with Gasteiger partial charge < -0.3 is 18.9 Å². The molecule has 8 heteroatoms. The number of ether oxygens (including phenoxy) is 4. The highest BCUT2D eigenvalue weighted by atomic mass is 16.9. The lowest BCUT2D eigenvalue weighted by Gasteiger charge is -2.47. The maximum atomic E-state index is 5.84. The summed E-state index contributed by atoms with van der Waals surface area (Å²) in [4.78, 5) is 13.1. The minimum atomic E-state index is -1.30. The van der Waals surface area contributed by atoms with Gasteiger partial charge in [0.15, 0.2) is 5.65 Å². The van der Waals surface area contributed by atoms with Crippen LogP contribution in [0.25, 0.3) is 11.2 Å². The van der Waals surface area contributed by atoms with E-state index in [4.69, 9.17) is 18.9 Å². The van der Waals surface area contributed by atoms with E-state index in [0.717, 1.165) is 31.5 Å². The van der Waals surface area contributed by atoms with E-state index in [2.05, 4.69) is 33.7 Å². The second kappa shape index (κ2) is 5.99.